The first kappa shape index (κ1) is 14.1. The summed E-state index contributed by atoms with van der Waals surface area (Å²) in [4.78, 5) is 15.5. The number of carbonyl (C=O) groups excluding carboxylic acids is 1. The zero-order valence-corrected chi connectivity index (χ0v) is 11.5. The molecule has 0 amide bonds. The molecule has 0 saturated heterocycles. The Kier molecular flexibility index (Phi) is 4.37. The number of aromatic amines is 1. The van der Waals surface area contributed by atoms with E-state index in [9.17, 15) is 4.79 Å². The third-order valence-corrected chi connectivity index (χ3v) is 2.81. The Labute approximate surface area is 120 Å². The molecular formula is C13H13ClN4O2. The van der Waals surface area contributed by atoms with E-state index in [1.807, 2.05) is 12.1 Å². The second kappa shape index (κ2) is 6.21. The molecule has 0 saturated carbocycles. The minimum absolute atomic E-state index is 0.166. The number of nitrogens with two attached hydrogens (primary N) is 1. The lowest BCUT2D eigenvalue weighted by Gasteiger charge is -1.99. The van der Waals surface area contributed by atoms with Gasteiger partial charge in [-0.1, -0.05) is 12.1 Å². The molecule has 0 spiro atoms. The number of rotatable bonds is 4. The molecule has 2 aromatic rings. The minimum Gasteiger partial charge on any atom is -0.464 e. The molecule has 1 aromatic carbocycles. The average Bonchev–Trinajstić information content (AvgIpc) is 2.96. The van der Waals surface area contributed by atoms with Gasteiger partial charge in [-0.2, -0.15) is 5.10 Å². The number of alkyl halides is 1. The van der Waals surface area contributed by atoms with Crippen LogP contribution in [0.15, 0.2) is 35.3 Å². The van der Waals surface area contributed by atoms with Gasteiger partial charge in [-0.3, -0.25) is 5.10 Å². The van der Waals surface area contributed by atoms with Crippen LogP contribution in [0.25, 0.3) is 11.3 Å². The molecule has 1 heterocycles. The van der Waals surface area contributed by atoms with Crippen LogP contribution in [0.4, 0.5) is 5.69 Å². The number of carbonyl (C=O) groups is 1. The van der Waals surface area contributed by atoms with E-state index in [0.29, 0.717) is 17.2 Å². The van der Waals surface area contributed by atoms with E-state index in [4.69, 9.17) is 17.3 Å². The van der Waals surface area contributed by atoms with Crippen molar-refractivity contribution in [3.05, 3.63) is 36.0 Å². The highest BCUT2D eigenvalue weighted by atomic mass is 35.5. The Morgan fingerprint density at radius 1 is 1.50 bits per heavy atom. The van der Waals surface area contributed by atoms with Crippen molar-refractivity contribution in [2.75, 3.05) is 13.0 Å². The number of H-pyrrole nitrogens is 1. The number of benzene rings is 1. The van der Waals surface area contributed by atoms with Gasteiger partial charge in [-0.25, -0.2) is 9.79 Å². The van der Waals surface area contributed by atoms with Gasteiger partial charge in [0.2, 0.25) is 0 Å². The number of nitrogens with zero attached hydrogens (tertiary/aromatic N) is 2. The predicted octanol–water partition coefficient (Wildman–Crippen LogP) is 2.09. The van der Waals surface area contributed by atoms with Gasteiger partial charge in [0.05, 0.1) is 24.4 Å². The lowest BCUT2D eigenvalue weighted by atomic mass is 10.1. The Morgan fingerprint density at radius 2 is 2.30 bits per heavy atom. The van der Waals surface area contributed by atoms with Crippen molar-refractivity contribution in [2.24, 2.45) is 10.7 Å². The Morgan fingerprint density at radius 3 is 3.00 bits per heavy atom. The monoisotopic (exact) mass is 292 g/mol. The molecule has 0 atom stereocenters. The number of halogens is 1. The van der Waals surface area contributed by atoms with Crippen molar-refractivity contribution < 1.29 is 9.53 Å². The summed E-state index contributed by atoms with van der Waals surface area (Å²) in [6.07, 6.45) is 0. The van der Waals surface area contributed by atoms with Crippen molar-refractivity contribution in [1.82, 2.24) is 10.2 Å². The molecular weight excluding hydrogens is 280 g/mol. The van der Waals surface area contributed by atoms with Crippen LogP contribution in [0.3, 0.4) is 0 Å². The molecule has 0 aliphatic rings. The van der Waals surface area contributed by atoms with E-state index in [2.05, 4.69) is 19.9 Å². The summed E-state index contributed by atoms with van der Waals surface area (Å²) in [5.74, 6) is 0.0319. The summed E-state index contributed by atoms with van der Waals surface area (Å²) < 4.78 is 4.61. The molecule has 1 aromatic heterocycles. The number of hydrogen-bond donors (Lipinski definition) is 2. The number of esters is 1. The molecule has 0 fully saturated rings. The summed E-state index contributed by atoms with van der Waals surface area (Å²) >= 11 is 5.59. The van der Waals surface area contributed by atoms with Gasteiger partial charge < -0.3 is 10.5 Å². The number of amidine groups is 1. The number of methoxy groups -OCH3 is 1. The van der Waals surface area contributed by atoms with E-state index in [1.165, 1.54) is 7.11 Å². The van der Waals surface area contributed by atoms with Crippen molar-refractivity contribution >= 4 is 29.1 Å². The second-order valence-corrected chi connectivity index (χ2v) is 4.21. The summed E-state index contributed by atoms with van der Waals surface area (Å²) in [6, 6.07) is 8.89. The fourth-order valence-electron chi connectivity index (χ4n) is 1.61. The normalized spacial score (nSPS) is 11.4. The largest absolute Gasteiger partial charge is 0.464 e. The SMILES string of the molecule is COC(=O)c1cc(-c2cccc(N=C(N)CCl)c2)n[nH]1. The van der Waals surface area contributed by atoms with Gasteiger partial charge in [-0.05, 0) is 18.2 Å². The maximum absolute atomic E-state index is 11.4. The fourth-order valence-corrected chi connectivity index (χ4v) is 1.67. The van der Waals surface area contributed by atoms with Crippen LogP contribution in [0.2, 0.25) is 0 Å². The van der Waals surface area contributed by atoms with E-state index in [-0.39, 0.29) is 11.6 Å². The molecule has 2 rings (SSSR count). The van der Waals surface area contributed by atoms with Crippen LogP contribution in [0.1, 0.15) is 10.5 Å². The van der Waals surface area contributed by atoms with E-state index >= 15 is 0 Å². The molecule has 0 unspecified atom stereocenters. The van der Waals surface area contributed by atoms with Crippen LogP contribution in [0.5, 0.6) is 0 Å². The summed E-state index contributed by atoms with van der Waals surface area (Å²) in [6.45, 7) is 0. The third-order valence-electron chi connectivity index (χ3n) is 2.53. The van der Waals surface area contributed by atoms with Gasteiger partial charge in [-0.15, -0.1) is 11.6 Å². The number of ether oxygens (including phenoxy) is 1. The molecule has 6 nitrogen and oxygen atoms in total. The van der Waals surface area contributed by atoms with Crippen molar-refractivity contribution in [2.45, 2.75) is 0 Å². The molecule has 0 bridgehead atoms. The first-order valence-corrected chi connectivity index (χ1v) is 6.30. The lowest BCUT2D eigenvalue weighted by Crippen LogP contribution is -2.12. The molecule has 104 valence electrons. The van der Waals surface area contributed by atoms with Crippen LogP contribution in [0, 0.1) is 0 Å². The number of hydrogen-bond acceptors (Lipinski definition) is 4. The first-order chi connectivity index (χ1) is 9.63. The summed E-state index contributed by atoms with van der Waals surface area (Å²) in [5.41, 5.74) is 7.97. The zero-order valence-electron chi connectivity index (χ0n) is 10.8. The van der Waals surface area contributed by atoms with Crippen molar-refractivity contribution in [3.8, 4) is 11.3 Å². The molecule has 0 aliphatic carbocycles. The van der Waals surface area contributed by atoms with Gasteiger partial charge in [0.1, 0.15) is 11.5 Å². The van der Waals surface area contributed by atoms with Crippen LogP contribution >= 0.6 is 11.6 Å². The van der Waals surface area contributed by atoms with E-state index < -0.39 is 5.97 Å². The predicted molar refractivity (Wildman–Crippen MR) is 77.4 cm³/mol. The number of nitrogens with one attached hydrogen (secondary N) is 1. The zero-order chi connectivity index (χ0) is 14.5. The van der Waals surface area contributed by atoms with Crippen LogP contribution in [-0.2, 0) is 4.74 Å². The summed E-state index contributed by atoms with van der Waals surface area (Å²) in [7, 11) is 1.31. The maximum Gasteiger partial charge on any atom is 0.356 e. The second-order valence-electron chi connectivity index (χ2n) is 3.95. The Balaban J connectivity index is 2.31. The molecule has 0 aliphatic heterocycles. The lowest BCUT2D eigenvalue weighted by molar-refractivity contribution is 0.0594. The van der Waals surface area contributed by atoms with Gasteiger partial charge in [0.25, 0.3) is 0 Å². The van der Waals surface area contributed by atoms with Gasteiger partial charge >= 0.3 is 5.97 Å². The van der Waals surface area contributed by atoms with Crippen LogP contribution < -0.4 is 5.73 Å². The average molecular weight is 293 g/mol. The highest BCUT2D eigenvalue weighted by Crippen LogP contribution is 2.23. The topological polar surface area (TPSA) is 93.4 Å². The van der Waals surface area contributed by atoms with E-state index in [0.717, 1.165) is 5.56 Å². The maximum atomic E-state index is 11.4. The first-order valence-electron chi connectivity index (χ1n) is 5.77. The minimum atomic E-state index is -0.468. The van der Waals surface area contributed by atoms with Gasteiger partial charge in [0, 0.05) is 5.56 Å². The molecule has 3 N–H and O–H groups in total. The van der Waals surface area contributed by atoms with Crippen LogP contribution in [-0.4, -0.2) is 35.0 Å². The van der Waals surface area contributed by atoms with Crippen molar-refractivity contribution in [3.63, 3.8) is 0 Å². The molecule has 7 heteroatoms. The van der Waals surface area contributed by atoms with Gasteiger partial charge in [0.15, 0.2) is 0 Å². The van der Waals surface area contributed by atoms with E-state index in [1.54, 1.807) is 18.2 Å². The molecule has 0 radical (unpaired) electrons. The Bertz CT molecular complexity index is 651. The number of aromatic nitrogens is 2. The third kappa shape index (κ3) is 3.16. The fraction of sp³-hybridized carbons (Fsp3) is 0.154. The Hall–Kier alpha value is -2.34. The standard InChI is InChI=1S/C13H13ClN4O2/c1-20-13(19)11-6-10(17-18-11)8-3-2-4-9(5-8)16-12(15)7-14/h2-6H,7H2,1H3,(H2,15,16)(H,17,18). The summed E-state index contributed by atoms with van der Waals surface area (Å²) in [5, 5.41) is 6.68. The quantitative estimate of drug-likeness (QED) is 0.390. The highest BCUT2D eigenvalue weighted by molar-refractivity contribution is 6.28. The van der Waals surface area contributed by atoms with Crippen molar-refractivity contribution in [1.29, 1.82) is 0 Å². The number of aliphatic imine (C=N–C) groups is 1. The smallest absolute Gasteiger partial charge is 0.356 e. The highest BCUT2D eigenvalue weighted by Gasteiger charge is 2.11. The molecule has 20 heavy (non-hydrogen) atoms.